The molecule has 1 aromatic rings. The minimum absolute atomic E-state index is 0.127. The van der Waals surface area contributed by atoms with E-state index < -0.39 is 0 Å². The van der Waals surface area contributed by atoms with Gasteiger partial charge in [-0.2, -0.15) is 0 Å². The normalized spacial score (nSPS) is 24.9. The number of hydrogen-bond acceptors (Lipinski definition) is 2. The third kappa shape index (κ3) is 3.95. The van der Waals surface area contributed by atoms with Crippen LogP contribution in [0.5, 0.6) is 0 Å². The molecule has 0 spiro atoms. The van der Waals surface area contributed by atoms with Crippen molar-refractivity contribution in [3.8, 4) is 0 Å². The molecule has 1 aromatic carbocycles. The van der Waals surface area contributed by atoms with Gasteiger partial charge in [-0.25, -0.2) is 0 Å². The highest BCUT2D eigenvalue weighted by Gasteiger charge is 2.19. The summed E-state index contributed by atoms with van der Waals surface area (Å²) >= 11 is 9.37. The Kier molecular flexibility index (Phi) is 4.86. The van der Waals surface area contributed by atoms with E-state index in [1.165, 1.54) is 5.56 Å². The minimum Gasteiger partial charge on any atom is -0.393 e. The van der Waals surface area contributed by atoms with Crippen LogP contribution in [0.15, 0.2) is 22.7 Å². The molecule has 0 radical (unpaired) electrons. The molecule has 0 aromatic heterocycles. The summed E-state index contributed by atoms with van der Waals surface area (Å²) < 4.78 is 0.933. The van der Waals surface area contributed by atoms with Gasteiger partial charge in [-0.1, -0.05) is 17.7 Å². The van der Waals surface area contributed by atoms with Gasteiger partial charge in [-0.05, 0) is 59.3 Å². The fourth-order valence-corrected chi connectivity index (χ4v) is 2.80. The molecule has 2 N–H and O–H groups in total. The number of nitrogens with one attached hydrogen (secondary N) is 1. The van der Waals surface area contributed by atoms with E-state index >= 15 is 0 Å². The third-order valence-corrected chi connectivity index (χ3v) is 4.44. The maximum atomic E-state index is 9.59. The zero-order valence-electron chi connectivity index (χ0n) is 9.63. The van der Waals surface area contributed by atoms with Crippen LogP contribution in [0.25, 0.3) is 0 Å². The van der Waals surface area contributed by atoms with Gasteiger partial charge in [0.2, 0.25) is 0 Å². The minimum atomic E-state index is -0.127. The zero-order valence-corrected chi connectivity index (χ0v) is 12.0. The second kappa shape index (κ2) is 6.19. The SMILES string of the molecule is OC1CCCC(NCc2ccc(Cl)c(Br)c2)C1. The van der Waals surface area contributed by atoms with Gasteiger partial charge >= 0.3 is 0 Å². The zero-order chi connectivity index (χ0) is 12.3. The van der Waals surface area contributed by atoms with Crippen molar-refractivity contribution in [2.45, 2.75) is 44.4 Å². The van der Waals surface area contributed by atoms with E-state index in [2.05, 4.69) is 21.2 Å². The first kappa shape index (κ1) is 13.3. The summed E-state index contributed by atoms with van der Waals surface area (Å²) in [7, 11) is 0. The first-order valence-corrected chi connectivity index (χ1v) is 7.17. The first-order chi connectivity index (χ1) is 8.15. The fourth-order valence-electron chi connectivity index (χ4n) is 2.26. The summed E-state index contributed by atoms with van der Waals surface area (Å²) in [6.07, 6.45) is 3.97. The van der Waals surface area contributed by atoms with Crippen LogP contribution < -0.4 is 5.32 Å². The molecule has 0 heterocycles. The summed E-state index contributed by atoms with van der Waals surface area (Å²) in [5.74, 6) is 0. The predicted octanol–water partition coefficient (Wildman–Crippen LogP) is 3.50. The highest BCUT2D eigenvalue weighted by Crippen LogP contribution is 2.24. The van der Waals surface area contributed by atoms with Crippen molar-refractivity contribution < 1.29 is 5.11 Å². The lowest BCUT2D eigenvalue weighted by Gasteiger charge is -2.26. The molecule has 2 unspecified atom stereocenters. The van der Waals surface area contributed by atoms with Crippen LogP contribution >= 0.6 is 27.5 Å². The van der Waals surface area contributed by atoms with Crippen LogP contribution in [-0.4, -0.2) is 17.3 Å². The number of aliphatic hydroxyl groups is 1. The average Bonchev–Trinajstić information content (AvgIpc) is 2.31. The Balaban J connectivity index is 1.86. The van der Waals surface area contributed by atoms with Crippen molar-refractivity contribution in [3.05, 3.63) is 33.3 Å². The average molecular weight is 319 g/mol. The second-order valence-electron chi connectivity index (χ2n) is 4.65. The molecule has 1 fully saturated rings. The van der Waals surface area contributed by atoms with Crippen molar-refractivity contribution >= 4 is 27.5 Å². The molecular formula is C13H17BrClNO. The number of aliphatic hydroxyl groups excluding tert-OH is 1. The Morgan fingerprint density at radius 1 is 1.41 bits per heavy atom. The van der Waals surface area contributed by atoms with Crippen LogP contribution in [0.2, 0.25) is 5.02 Å². The molecular weight excluding hydrogens is 302 g/mol. The van der Waals surface area contributed by atoms with E-state index in [4.69, 9.17) is 11.6 Å². The van der Waals surface area contributed by atoms with Gasteiger partial charge in [0.1, 0.15) is 0 Å². The molecule has 2 atom stereocenters. The highest BCUT2D eigenvalue weighted by molar-refractivity contribution is 9.10. The molecule has 0 amide bonds. The molecule has 0 aliphatic heterocycles. The number of benzene rings is 1. The molecule has 94 valence electrons. The number of halogens is 2. The summed E-state index contributed by atoms with van der Waals surface area (Å²) in [6.45, 7) is 0.827. The summed E-state index contributed by atoms with van der Waals surface area (Å²) in [4.78, 5) is 0. The maximum Gasteiger partial charge on any atom is 0.0555 e. The van der Waals surface area contributed by atoms with Crippen LogP contribution in [0, 0.1) is 0 Å². The Labute approximate surface area is 115 Å². The predicted molar refractivity (Wildman–Crippen MR) is 74.3 cm³/mol. The largest absolute Gasteiger partial charge is 0.393 e. The van der Waals surface area contributed by atoms with Gasteiger partial charge in [-0.15, -0.1) is 0 Å². The van der Waals surface area contributed by atoms with E-state index in [1.54, 1.807) is 0 Å². The lowest BCUT2D eigenvalue weighted by molar-refractivity contribution is 0.111. The van der Waals surface area contributed by atoms with Crippen molar-refractivity contribution in [3.63, 3.8) is 0 Å². The monoisotopic (exact) mass is 317 g/mol. The van der Waals surface area contributed by atoms with Gasteiger partial charge in [0.15, 0.2) is 0 Å². The lowest BCUT2D eigenvalue weighted by atomic mass is 9.93. The maximum absolute atomic E-state index is 9.59. The molecule has 4 heteroatoms. The van der Waals surface area contributed by atoms with Gasteiger partial charge in [0, 0.05) is 17.1 Å². The summed E-state index contributed by atoms with van der Waals surface area (Å²) in [5.41, 5.74) is 1.21. The van der Waals surface area contributed by atoms with E-state index in [1.807, 2.05) is 18.2 Å². The van der Waals surface area contributed by atoms with Crippen LogP contribution in [0.4, 0.5) is 0 Å². The standard InChI is InChI=1S/C13H17BrClNO/c14-12-6-9(4-5-13(12)15)8-16-10-2-1-3-11(17)7-10/h4-6,10-11,16-17H,1-3,7-8H2. The molecule has 1 aliphatic rings. The number of rotatable bonds is 3. The Bertz CT molecular complexity index is 386. The van der Waals surface area contributed by atoms with E-state index in [-0.39, 0.29) is 6.10 Å². The Morgan fingerprint density at radius 2 is 2.24 bits per heavy atom. The van der Waals surface area contributed by atoms with E-state index in [0.717, 1.165) is 41.7 Å². The molecule has 0 saturated heterocycles. The van der Waals surface area contributed by atoms with Gasteiger partial charge in [0.25, 0.3) is 0 Å². The molecule has 17 heavy (non-hydrogen) atoms. The van der Waals surface area contributed by atoms with Gasteiger partial charge in [0.05, 0.1) is 11.1 Å². The van der Waals surface area contributed by atoms with Gasteiger partial charge in [-0.3, -0.25) is 0 Å². The highest BCUT2D eigenvalue weighted by atomic mass is 79.9. The van der Waals surface area contributed by atoms with Crippen LogP contribution in [0.3, 0.4) is 0 Å². The molecule has 2 nitrogen and oxygen atoms in total. The van der Waals surface area contributed by atoms with Crippen molar-refractivity contribution in [1.82, 2.24) is 5.32 Å². The summed E-state index contributed by atoms with van der Waals surface area (Å²) in [6, 6.07) is 6.40. The van der Waals surface area contributed by atoms with Crippen molar-refractivity contribution in [1.29, 1.82) is 0 Å². The van der Waals surface area contributed by atoms with E-state index in [0.29, 0.717) is 6.04 Å². The van der Waals surface area contributed by atoms with Crippen LogP contribution in [0.1, 0.15) is 31.2 Å². The molecule has 1 aliphatic carbocycles. The summed E-state index contributed by atoms with van der Waals surface area (Å²) in [5, 5.41) is 13.8. The van der Waals surface area contributed by atoms with Crippen LogP contribution in [-0.2, 0) is 6.54 Å². The lowest BCUT2D eigenvalue weighted by Crippen LogP contribution is -2.35. The topological polar surface area (TPSA) is 32.3 Å². The molecule has 0 bridgehead atoms. The third-order valence-electron chi connectivity index (χ3n) is 3.23. The van der Waals surface area contributed by atoms with E-state index in [9.17, 15) is 5.11 Å². The van der Waals surface area contributed by atoms with Crippen molar-refractivity contribution in [2.75, 3.05) is 0 Å². The Morgan fingerprint density at radius 3 is 2.94 bits per heavy atom. The fraction of sp³-hybridized carbons (Fsp3) is 0.538. The quantitative estimate of drug-likeness (QED) is 0.894. The van der Waals surface area contributed by atoms with Crippen molar-refractivity contribution in [2.24, 2.45) is 0 Å². The molecule has 1 saturated carbocycles. The number of hydrogen-bond donors (Lipinski definition) is 2. The smallest absolute Gasteiger partial charge is 0.0555 e. The molecule has 2 rings (SSSR count). The van der Waals surface area contributed by atoms with Gasteiger partial charge < -0.3 is 10.4 Å². The Hall–Kier alpha value is -0.0900. The first-order valence-electron chi connectivity index (χ1n) is 6.00. The second-order valence-corrected chi connectivity index (χ2v) is 5.91.